The lowest BCUT2D eigenvalue weighted by Gasteiger charge is -2.26. The topological polar surface area (TPSA) is 69.0 Å². The Kier molecular flexibility index (Phi) is 6.21. The predicted molar refractivity (Wildman–Crippen MR) is 124 cm³/mol. The minimum absolute atomic E-state index is 0.0353. The second kappa shape index (κ2) is 9.07. The third kappa shape index (κ3) is 4.09. The number of rotatable bonds is 6. The Morgan fingerprint density at radius 1 is 1.12 bits per heavy atom. The lowest BCUT2D eigenvalue weighted by atomic mass is 10.00. The van der Waals surface area contributed by atoms with Crippen LogP contribution in [0.5, 0.6) is 11.5 Å². The highest BCUT2D eigenvalue weighted by molar-refractivity contribution is 5.82. The number of hydrogen-bond acceptors (Lipinski definition) is 5. The van der Waals surface area contributed by atoms with Crippen molar-refractivity contribution in [3.8, 4) is 11.5 Å². The highest BCUT2D eigenvalue weighted by Crippen LogP contribution is 2.39. The first-order valence-corrected chi connectivity index (χ1v) is 11.0. The number of carbonyl (C=O) groups is 1. The Morgan fingerprint density at radius 2 is 1.94 bits per heavy atom. The SMILES string of the molecule is COc1ccc([C@@H]2CCCN2C(=O)CCc2c(C)c3ccc(C)cc3oc2=O)c(OC)c1. The summed E-state index contributed by atoms with van der Waals surface area (Å²) in [6, 6.07) is 11.5. The van der Waals surface area contributed by atoms with Gasteiger partial charge in [0.25, 0.3) is 0 Å². The fraction of sp³-hybridized carbons (Fsp3) is 0.385. The average molecular weight is 436 g/mol. The first-order chi connectivity index (χ1) is 15.4. The number of methoxy groups -OCH3 is 2. The van der Waals surface area contributed by atoms with E-state index in [-0.39, 0.29) is 24.0 Å². The van der Waals surface area contributed by atoms with E-state index in [2.05, 4.69) is 0 Å². The Balaban J connectivity index is 1.54. The van der Waals surface area contributed by atoms with Gasteiger partial charge in [-0.15, -0.1) is 0 Å². The smallest absolute Gasteiger partial charge is 0.339 e. The van der Waals surface area contributed by atoms with Crippen LogP contribution in [-0.4, -0.2) is 31.6 Å². The monoisotopic (exact) mass is 435 g/mol. The molecule has 1 fully saturated rings. The summed E-state index contributed by atoms with van der Waals surface area (Å²) in [5, 5.41) is 0.916. The molecule has 32 heavy (non-hydrogen) atoms. The standard InChI is InChI=1S/C26H29NO5/c1-16-7-9-19-17(2)20(26(29)32-24(19)14-16)11-12-25(28)27-13-5-6-22(27)21-10-8-18(30-3)15-23(21)31-4/h7-10,14-15,22H,5-6,11-13H2,1-4H3/t22-/m0/s1. The summed E-state index contributed by atoms with van der Waals surface area (Å²) >= 11 is 0. The van der Waals surface area contributed by atoms with Crippen molar-refractivity contribution in [2.45, 2.75) is 45.6 Å². The van der Waals surface area contributed by atoms with Crippen LogP contribution in [0.1, 0.15) is 47.6 Å². The molecule has 2 heterocycles. The molecule has 0 radical (unpaired) electrons. The molecule has 0 aliphatic carbocycles. The second-order valence-electron chi connectivity index (χ2n) is 8.35. The molecule has 4 rings (SSSR count). The van der Waals surface area contributed by atoms with Crippen LogP contribution < -0.4 is 15.1 Å². The van der Waals surface area contributed by atoms with Crippen molar-refractivity contribution in [3.63, 3.8) is 0 Å². The third-order valence-corrected chi connectivity index (χ3v) is 6.40. The summed E-state index contributed by atoms with van der Waals surface area (Å²) < 4.78 is 16.4. The molecule has 1 saturated heterocycles. The van der Waals surface area contributed by atoms with Gasteiger partial charge in [0.1, 0.15) is 17.1 Å². The van der Waals surface area contributed by atoms with Crippen molar-refractivity contribution < 1.29 is 18.7 Å². The van der Waals surface area contributed by atoms with Gasteiger partial charge in [0.05, 0.1) is 20.3 Å². The van der Waals surface area contributed by atoms with Crippen molar-refractivity contribution in [1.29, 1.82) is 0 Å². The van der Waals surface area contributed by atoms with Crippen LogP contribution in [0.15, 0.2) is 45.6 Å². The molecule has 2 aromatic carbocycles. The molecule has 6 heteroatoms. The van der Waals surface area contributed by atoms with E-state index in [1.807, 2.05) is 55.1 Å². The van der Waals surface area contributed by atoms with Gasteiger partial charge in [0.15, 0.2) is 0 Å². The minimum atomic E-state index is -0.358. The number of carbonyl (C=O) groups excluding carboxylic acids is 1. The molecule has 0 N–H and O–H groups in total. The van der Waals surface area contributed by atoms with Crippen LogP contribution in [-0.2, 0) is 11.2 Å². The van der Waals surface area contributed by atoms with Gasteiger partial charge in [-0.05, 0) is 62.4 Å². The fourth-order valence-corrected chi connectivity index (χ4v) is 4.65. The minimum Gasteiger partial charge on any atom is -0.497 e. The van der Waals surface area contributed by atoms with Crippen molar-refractivity contribution in [1.82, 2.24) is 4.90 Å². The van der Waals surface area contributed by atoms with Gasteiger partial charge in [-0.1, -0.05) is 12.1 Å². The first-order valence-electron chi connectivity index (χ1n) is 11.0. The summed E-state index contributed by atoms with van der Waals surface area (Å²) in [6.45, 7) is 4.59. The molecule has 0 saturated carbocycles. The van der Waals surface area contributed by atoms with E-state index in [1.165, 1.54) is 0 Å². The molecule has 6 nitrogen and oxygen atoms in total. The maximum Gasteiger partial charge on any atom is 0.339 e. The molecule has 168 valence electrons. The molecule has 0 spiro atoms. The molecule has 1 aromatic heterocycles. The number of benzene rings is 2. The van der Waals surface area contributed by atoms with Crippen molar-refractivity contribution in [3.05, 3.63) is 69.1 Å². The zero-order valence-corrected chi connectivity index (χ0v) is 19.1. The third-order valence-electron chi connectivity index (χ3n) is 6.40. The maximum absolute atomic E-state index is 13.2. The number of amides is 1. The number of aryl methyl sites for hydroxylation is 2. The van der Waals surface area contributed by atoms with Crippen LogP contribution in [0.25, 0.3) is 11.0 Å². The molecule has 3 aromatic rings. The number of ether oxygens (including phenoxy) is 2. The molecule has 0 unspecified atom stereocenters. The zero-order chi connectivity index (χ0) is 22.8. The number of likely N-dealkylation sites (tertiary alicyclic amines) is 1. The van der Waals surface area contributed by atoms with Crippen LogP contribution in [0.3, 0.4) is 0 Å². The van der Waals surface area contributed by atoms with Crippen LogP contribution in [0, 0.1) is 13.8 Å². The van der Waals surface area contributed by atoms with E-state index in [1.54, 1.807) is 14.2 Å². The second-order valence-corrected chi connectivity index (χ2v) is 8.35. The van der Waals surface area contributed by atoms with Gasteiger partial charge < -0.3 is 18.8 Å². The summed E-state index contributed by atoms with van der Waals surface area (Å²) in [6.07, 6.45) is 2.44. The fourth-order valence-electron chi connectivity index (χ4n) is 4.65. The van der Waals surface area contributed by atoms with Crippen molar-refractivity contribution >= 4 is 16.9 Å². The van der Waals surface area contributed by atoms with Crippen molar-refractivity contribution in [2.24, 2.45) is 0 Å². The number of fused-ring (bicyclic) bond motifs is 1. The molecule has 0 bridgehead atoms. The van der Waals surface area contributed by atoms with Crippen LogP contribution in [0.4, 0.5) is 0 Å². The van der Waals surface area contributed by atoms with E-state index < -0.39 is 0 Å². The Bertz CT molecular complexity index is 1210. The molecule has 1 aliphatic rings. The largest absolute Gasteiger partial charge is 0.497 e. The van der Waals surface area contributed by atoms with E-state index in [4.69, 9.17) is 13.9 Å². The number of hydrogen-bond donors (Lipinski definition) is 0. The molecule has 1 aliphatic heterocycles. The van der Waals surface area contributed by atoms with Gasteiger partial charge in [0, 0.05) is 35.5 Å². The van der Waals surface area contributed by atoms with Crippen LogP contribution >= 0.6 is 0 Å². The Morgan fingerprint density at radius 3 is 2.69 bits per heavy atom. The van der Waals surface area contributed by atoms with E-state index in [9.17, 15) is 9.59 Å². The Hall–Kier alpha value is -3.28. The van der Waals surface area contributed by atoms with Gasteiger partial charge in [-0.2, -0.15) is 0 Å². The van der Waals surface area contributed by atoms with Gasteiger partial charge in [-0.25, -0.2) is 4.79 Å². The van der Waals surface area contributed by atoms with Gasteiger partial charge in [-0.3, -0.25) is 4.79 Å². The predicted octanol–water partition coefficient (Wildman–Crippen LogP) is 4.72. The van der Waals surface area contributed by atoms with E-state index >= 15 is 0 Å². The maximum atomic E-state index is 13.2. The molecule has 1 atom stereocenters. The lowest BCUT2D eigenvalue weighted by molar-refractivity contribution is -0.132. The van der Waals surface area contributed by atoms with Crippen molar-refractivity contribution in [2.75, 3.05) is 20.8 Å². The summed E-state index contributed by atoms with van der Waals surface area (Å²) in [4.78, 5) is 27.7. The van der Waals surface area contributed by atoms with Gasteiger partial charge >= 0.3 is 5.63 Å². The summed E-state index contributed by atoms with van der Waals surface area (Å²) in [5.74, 6) is 1.47. The van der Waals surface area contributed by atoms with Gasteiger partial charge in [0.2, 0.25) is 5.91 Å². The van der Waals surface area contributed by atoms with E-state index in [0.717, 1.165) is 46.4 Å². The zero-order valence-electron chi connectivity index (χ0n) is 19.1. The quantitative estimate of drug-likeness (QED) is 0.524. The highest BCUT2D eigenvalue weighted by atomic mass is 16.5. The molecule has 1 amide bonds. The lowest BCUT2D eigenvalue weighted by Crippen LogP contribution is -2.31. The van der Waals surface area contributed by atoms with E-state index in [0.29, 0.717) is 24.1 Å². The molecular formula is C26H29NO5. The summed E-state index contributed by atoms with van der Waals surface area (Å²) in [5.41, 5.74) is 3.72. The highest BCUT2D eigenvalue weighted by Gasteiger charge is 2.32. The summed E-state index contributed by atoms with van der Waals surface area (Å²) in [7, 11) is 3.25. The average Bonchev–Trinajstić information content (AvgIpc) is 3.27. The number of nitrogens with zero attached hydrogens (tertiary/aromatic N) is 1. The van der Waals surface area contributed by atoms with Crippen LogP contribution in [0.2, 0.25) is 0 Å². The first kappa shape index (κ1) is 21.9. The normalized spacial score (nSPS) is 15.9. The molecular weight excluding hydrogens is 406 g/mol. The Labute approximate surface area is 187 Å².